The van der Waals surface area contributed by atoms with Crippen LogP contribution in [0.25, 0.3) is 0 Å². The van der Waals surface area contributed by atoms with Crippen molar-refractivity contribution in [2.75, 3.05) is 0 Å². The summed E-state index contributed by atoms with van der Waals surface area (Å²) in [6.07, 6.45) is 7.51. The van der Waals surface area contributed by atoms with Gasteiger partial charge in [0, 0.05) is 0 Å². The van der Waals surface area contributed by atoms with Crippen LogP contribution >= 0.6 is 0 Å². The number of hydrogen-bond donors (Lipinski definition) is 0. The second kappa shape index (κ2) is 4.69. The largest absolute Gasteiger partial charge is 0.0878 e. The summed E-state index contributed by atoms with van der Waals surface area (Å²) >= 11 is 0. The van der Waals surface area contributed by atoms with Crippen molar-refractivity contribution < 1.29 is 0 Å². The molecule has 1 aliphatic carbocycles. The van der Waals surface area contributed by atoms with Gasteiger partial charge in [-0.15, -0.1) is 0 Å². The lowest BCUT2D eigenvalue weighted by molar-refractivity contribution is 0.296. The molecule has 0 aliphatic heterocycles. The smallest absolute Gasteiger partial charge is 0.0655 e. The summed E-state index contributed by atoms with van der Waals surface area (Å²) in [4.78, 5) is 0. The fraction of sp³-hybridized carbons (Fsp3) is 0.529. The Morgan fingerprint density at radius 3 is 2.50 bits per heavy atom. The molecule has 1 atom stereocenters. The highest BCUT2D eigenvalue weighted by atomic mass is 28.2. The zero-order valence-corrected chi connectivity index (χ0v) is 13.9. The molecule has 1 heteroatoms. The molecule has 1 unspecified atom stereocenters. The van der Waals surface area contributed by atoms with Gasteiger partial charge in [0.1, 0.15) is 0 Å². The van der Waals surface area contributed by atoms with E-state index in [2.05, 4.69) is 65.0 Å². The Morgan fingerprint density at radius 1 is 1.11 bits per heavy atom. The van der Waals surface area contributed by atoms with E-state index in [0.29, 0.717) is 10.5 Å². The van der Waals surface area contributed by atoms with E-state index in [4.69, 9.17) is 0 Å². The Labute approximate surface area is 114 Å². The van der Waals surface area contributed by atoms with E-state index in [1.165, 1.54) is 24.0 Å². The molecule has 0 nitrogen and oxygen atoms in total. The summed E-state index contributed by atoms with van der Waals surface area (Å²) in [5.41, 5.74) is 3.46. The molecule has 0 bridgehead atoms. The molecule has 1 aromatic rings. The predicted molar refractivity (Wildman–Crippen MR) is 84.6 cm³/mol. The molecule has 98 valence electrons. The second-order valence-electron chi connectivity index (χ2n) is 7.14. The van der Waals surface area contributed by atoms with Crippen molar-refractivity contribution >= 4 is 14.7 Å². The maximum absolute atomic E-state index is 2.51. The minimum Gasteiger partial charge on any atom is -0.0878 e. The van der Waals surface area contributed by atoms with Crippen LogP contribution in [-0.2, 0) is 0 Å². The predicted octanol–water partition coefficient (Wildman–Crippen LogP) is 3.65. The van der Waals surface area contributed by atoms with Gasteiger partial charge in [-0.25, -0.2) is 0 Å². The number of hydrogen-bond acceptors (Lipinski definition) is 0. The van der Waals surface area contributed by atoms with Crippen molar-refractivity contribution in [2.24, 2.45) is 5.41 Å². The van der Waals surface area contributed by atoms with Gasteiger partial charge in [0.05, 0.1) is 9.52 Å². The quantitative estimate of drug-likeness (QED) is 0.561. The number of aryl methyl sites for hydroxylation is 1. The lowest BCUT2D eigenvalue weighted by Crippen LogP contribution is -2.34. The van der Waals surface area contributed by atoms with Gasteiger partial charge in [0.2, 0.25) is 0 Å². The monoisotopic (exact) mass is 258 g/mol. The second-order valence-corrected chi connectivity index (χ2v) is 9.87. The van der Waals surface area contributed by atoms with Crippen LogP contribution in [0, 0.1) is 19.3 Å². The highest BCUT2D eigenvalue weighted by Crippen LogP contribution is 2.45. The third-order valence-electron chi connectivity index (χ3n) is 4.38. The van der Waals surface area contributed by atoms with E-state index in [9.17, 15) is 0 Å². The van der Waals surface area contributed by atoms with Crippen LogP contribution in [0.1, 0.15) is 44.7 Å². The minimum atomic E-state index is -0.260. The molecular formula is C17H26Si. The highest BCUT2D eigenvalue weighted by Gasteiger charge is 2.33. The molecule has 1 aliphatic rings. The normalized spacial score (nSPS) is 26.9. The van der Waals surface area contributed by atoms with E-state index in [1.54, 1.807) is 5.19 Å². The average molecular weight is 258 g/mol. The Hall–Kier alpha value is -0.823. The third-order valence-corrected chi connectivity index (χ3v) is 6.82. The van der Waals surface area contributed by atoms with Crippen molar-refractivity contribution in [2.45, 2.75) is 52.5 Å². The van der Waals surface area contributed by atoms with Crippen LogP contribution in [0.2, 0.25) is 5.04 Å². The van der Waals surface area contributed by atoms with Crippen molar-refractivity contribution in [3.8, 4) is 0 Å². The number of rotatable bonds is 2. The summed E-state index contributed by atoms with van der Waals surface area (Å²) in [6, 6.07) is 6.82. The van der Waals surface area contributed by atoms with Gasteiger partial charge in [-0.2, -0.15) is 0 Å². The molecule has 0 N–H and O–H groups in total. The lowest BCUT2D eigenvalue weighted by atomic mass is 9.76. The van der Waals surface area contributed by atoms with E-state index < -0.39 is 0 Å². The van der Waals surface area contributed by atoms with Gasteiger partial charge in [-0.1, -0.05) is 56.3 Å². The van der Waals surface area contributed by atoms with Gasteiger partial charge in [0.25, 0.3) is 0 Å². The Morgan fingerprint density at radius 2 is 1.83 bits per heavy atom. The van der Waals surface area contributed by atoms with Gasteiger partial charge >= 0.3 is 0 Å². The fourth-order valence-corrected chi connectivity index (χ4v) is 6.20. The molecule has 1 aromatic carbocycles. The first kappa shape index (κ1) is 13.6. The Kier molecular flexibility index (Phi) is 3.55. The van der Waals surface area contributed by atoms with Gasteiger partial charge < -0.3 is 0 Å². The molecule has 0 fully saturated rings. The molecule has 0 amide bonds. The van der Waals surface area contributed by atoms with Crippen LogP contribution in [0.3, 0.4) is 0 Å². The molecule has 2 rings (SSSR count). The van der Waals surface area contributed by atoms with Crippen LogP contribution in [-0.4, -0.2) is 9.52 Å². The van der Waals surface area contributed by atoms with E-state index in [1.807, 2.05) is 0 Å². The van der Waals surface area contributed by atoms with Gasteiger partial charge in [0.15, 0.2) is 0 Å². The van der Waals surface area contributed by atoms with Crippen molar-refractivity contribution in [3.63, 3.8) is 0 Å². The minimum absolute atomic E-state index is 0.260. The first-order valence-electron chi connectivity index (χ1n) is 7.04. The molecule has 0 saturated carbocycles. The van der Waals surface area contributed by atoms with Crippen LogP contribution < -0.4 is 5.19 Å². The summed E-state index contributed by atoms with van der Waals surface area (Å²) in [6.45, 7) is 11.8. The van der Waals surface area contributed by atoms with Crippen LogP contribution in [0.5, 0.6) is 0 Å². The molecular weight excluding hydrogens is 232 g/mol. The molecule has 0 radical (unpaired) electrons. The summed E-state index contributed by atoms with van der Waals surface area (Å²) in [5, 5.41) is 2.11. The molecule has 0 saturated heterocycles. The van der Waals surface area contributed by atoms with Crippen LogP contribution in [0.15, 0.2) is 30.4 Å². The maximum Gasteiger partial charge on any atom is 0.0655 e. The zero-order valence-electron chi connectivity index (χ0n) is 12.5. The average Bonchev–Trinajstić information content (AvgIpc) is 2.22. The summed E-state index contributed by atoms with van der Waals surface area (Å²) in [7, 11) is -0.260. The van der Waals surface area contributed by atoms with E-state index in [-0.39, 0.29) is 9.52 Å². The van der Waals surface area contributed by atoms with Crippen molar-refractivity contribution in [1.82, 2.24) is 0 Å². The fourth-order valence-electron chi connectivity index (χ4n) is 3.45. The SMILES string of the molecule is Cc1cccc([SiH2]C2(C)C=CCC(C)(C)C2)c1C. The highest BCUT2D eigenvalue weighted by molar-refractivity contribution is 6.58. The lowest BCUT2D eigenvalue weighted by Gasteiger charge is -2.39. The third kappa shape index (κ3) is 2.95. The molecule has 0 aromatic heterocycles. The Bertz CT molecular complexity index is 470. The Balaban J connectivity index is 2.25. The standard InChI is InChI=1S/C17H26Si/c1-13-8-6-9-15(14(13)2)18-17(5)11-7-10-16(3,4)12-17/h6-9,11H,10,12,18H2,1-5H3. The maximum atomic E-state index is 2.51. The molecule has 18 heavy (non-hydrogen) atoms. The van der Waals surface area contributed by atoms with E-state index in [0.717, 1.165) is 0 Å². The van der Waals surface area contributed by atoms with Crippen LogP contribution in [0.4, 0.5) is 0 Å². The number of benzene rings is 1. The number of allylic oxidation sites excluding steroid dienone is 2. The zero-order chi connectivity index (χ0) is 13.4. The van der Waals surface area contributed by atoms with Crippen molar-refractivity contribution in [1.29, 1.82) is 0 Å². The molecule has 0 spiro atoms. The first-order chi connectivity index (χ1) is 8.31. The summed E-state index contributed by atoms with van der Waals surface area (Å²) < 4.78 is 0. The summed E-state index contributed by atoms with van der Waals surface area (Å²) in [5.74, 6) is 0. The van der Waals surface area contributed by atoms with Gasteiger partial charge in [-0.3, -0.25) is 0 Å². The molecule has 0 heterocycles. The van der Waals surface area contributed by atoms with E-state index >= 15 is 0 Å². The first-order valence-corrected chi connectivity index (χ1v) is 8.46. The van der Waals surface area contributed by atoms with Crippen molar-refractivity contribution in [3.05, 3.63) is 41.5 Å². The topological polar surface area (TPSA) is 0 Å². The van der Waals surface area contributed by atoms with Gasteiger partial charge in [-0.05, 0) is 48.3 Å².